The van der Waals surface area contributed by atoms with Gasteiger partial charge in [-0.25, -0.2) is 9.97 Å². The van der Waals surface area contributed by atoms with E-state index in [1.54, 1.807) is 24.5 Å². The molecule has 0 atom stereocenters. The van der Waals surface area contributed by atoms with Gasteiger partial charge in [0.25, 0.3) is 0 Å². The number of carbonyl (C=O) groups excluding carboxylic acids is 1. The maximum absolute atomic E-state index is 10.9. The highest BCUT2D eigenvalue weighted by Gasteiger charge is 2.08. The lowest BCUT2D eigenvalue weighted by Crippen LogP contribution is -1.96. The maximum atomic E-state index is 10.9. The zero-order valence-electron chi connectivity index (χ0n) is 14.0. The van der Waals surface area contributed by atoms with Crippen LogP contribution in [0.25, 0.3) is 33.3 Å². The summed E-state index contributed by atoms with van der Waals surface area (Å²) in [7, 11) is 0. The average Bonchev–Trinajstić information content (AvgIpc) is 3.33. The third-order valence-corrected chi connectivity index (χ3v) is 4.28. The molecule has 130 valence electrons. The molecule has 0 saturated heterocycles. The standard InChI is InChI=1S/C20H13N5O2/c26-11-16-8-12-1-2-13(9-18(12)27-16)20-21-6-5-19(24-20)23-15-3-4-17-14(7-15)10-22-25-17/h1-11H,(H,22,25)(H,21,23,24). The van der Waals surface area contributed by atoms with Gasteiger partial charge in [0, 0.05) is 28.2 Å². The number of nitrogens with zero attached hydrogens (tertiary/aromatic N) is 3. The number of rotatable bonds is 4. The third-order valence-electron chi connectivity index (χ3n) is 4.28. The minimum Gasteiger partial charge on any atom is -0.453 e. The molecule has 0 saturated carbocycles. The number of aldehydes is 1. The van der Waals surface area contributed by atoms with Gasteiger partial charge >= 0.3 is 0 Å². The fourth-order valence-electron chi connectivity index (χ4n) is 2.98. The molecule has 0 unspecified atom stereocenters. The van der Waals surface area contributed by atoms with Crippen molar-refractivity contribution in [1.82, 2.24) is 20.2 Å². The topological polar surface area (TPSA) is 96.7 Å². The van der Waals surface area contributed by atoms with Crippen molar-refractivity contribution in [2.24, 2.45) is 0 Å². The molecule has 0 aliphatic carbocycles. The second kappa shape index (κ2) is 6.06. The predicted octanol–water partition coefficient (Wildman–Crippen LogP) is 4.32. The molecule has 0 radical (unpaired) electrons. The fraction of sp³-hybridized carbons (Fsp3) is 0. The Morgan fingerprint density at radius 1 is 1.04 bits per heavy atom. The Labute approximate surface area is 153 Å². The second-order valence-electron chi connectivity index (χ2n) is 6.08. The number of furan rings is 1. The van der Waals surface area contributed by atoms with Crippen molar-refractivity contribution in [1.29, 1.82) is 0 Å². The molecule has 5 rings (SSSR count). The number of hydrogen-bond acceptors (Lipinski definition) is 6. The Kier molecular flexibility index (Phi) is 3.43. The molecular formula is C20H13N5O2. The van der Waals surface area contributed by atoms with E-state index >= 15 is 0 Å². The van der Waals surface area contributed by atoms with Crippen molar-refractivity contribution < 1.29 is 9.21 Å². The number of nitrogens with one attached hydrogen (secondary N) is 2. The fourth-order valence-corrected chi connectivity index (χ4v) is 2.98. The summed E-state index contributed by atoms with van der Waals surface area (Å²) in [5, 5.41) is 12.1. The molecular weight excluding hydrogens is 342 g/mol. The van der Waals surface area contributed by atoms with Crippen LogP contribution in [0.5, 0.6) is 0 Å². The molecule has 0 bridgehead atoms. The van der Waals surface area contributed by atoms with Crippen LogP contribution >= 0.6 is 0 Å². The summed E-state index contributed by atoms with van der Waals surface area (Å²) in [6.45, 7) is 0. The Hall–Kier alpha value is -4.00. The van der Waals surface area contributed by atoms with Gasteiger partial charge in [0.1, 0.15) is 11.4 Å². The van der Waals surface area contributed by atoms with E-state index in [9.17, 15) is 4.79 Å². The van der Waals surface area contributed by atoms with Crippen LogP contribution in [0, 0.1) is 0 Å². The minimum atomic E-state index is 0.299. The van der Waals surface area contributed by atoms with E-state index < -0.39 is 0 Å². The molecule has 3 heterocycles. The first kappa shape index (κ1) is 15.3. The number of aromatic nitrogens is 4. The monoisotopic (exact) mass is 355 g/mol. The summed E-state index contributed by atoms with van der Waals surface area (Å²) >= 11 is 0. The summed E-state index contributed by atoms with van der Waals surface area (Å²) < 4.78 is 5.49. The van der Waals surface area contributed by atoms with Gasteiger partial charge in [-0.15, -0.1) is 0 Å². The molecule has 2 N–H and O–H groups in total. The Balaban J connectivity index is 1.48. The quantitative estimate of drug-likeness (QED) is 0.466. The SMILES string of the molecule is O=Cc1cc2ccc(-c3nccc(Nc4ccc5[nH]ncc5c4)n3)cc2o1. The van der Waals surface area contributed by atoms with Crippen molar-refractivity contribution in [3.8, 4) is 11.4 Å². The molecule has 0 spiro atoms. The largest absolute Gasteiger partial charge is 0.453 e. The van der Waals surface area contributed by atoms with Gasteiger partial charge in [-0.1, -0.05) is 12.1 Å². The molecule has 7 heteroatoms. The third kappa shape index (κ3) is 2.81. The van der Waals surface area contributed by atoms with Crippen molar-refractivity contribution in [3.63, 3.8) is 0 Å². The Bertz CT molecular complexity index is 1290. The number of anilines is 2. The van der Waals surface area contributed by atoms with E-state index in [0.29, 0.717) is 29.3 Å². The predicted molar refractivity (Wildman–Crippen MR) is 102 cm³/mol. The maximum Gasteiger partial charge on any atom is 0.185 e. The normalized spacial score (nSPS) is 11.1. The van der Waals surface area contributed by atoms with Gasteiger partial charge < -0.3 is 9.73 Å². The Morgan fingerprint density at radius 2 is 2.00 bits per heavy atom. The average molecular weight is 355 g/mol. The highest BCUT2D eigenvalue weighted by Crippen LogP contribution is 2.26. The second-order valence-corrected chi connectivity index (χ2v) is 6.08. The minimum absolute atomic E-state index is 0.299. The van der Waals surface area contributed by atoms with Gasteiger partial charge in [-0.3, -0.25) is 9.89 Å². The molecule has 3 aromatic heterocycles. The van der Waals surface area contributed by atoms with Crippen LogP contribution in [-0.4, -0.2) is 26.5 Å². The molecule has 7 nitrogen and oxygen atoms in total. The van der Waals surface area contributed by atoms with Crippen molar-refractivity contribution in [3.05, 3.63) is 66.7 Å². The van der Waals surface area contributed by atoms with Gasteiger partial charge in [-0.05, 0) is 36.4 Å². The van der Waals surface area contributed by atoms with Crippen LogP contribution in [0.15, 0.2) is 65.3 Å². The first-order chi connectivity index (χ1) is 13.3. The van der Waals surface area contributed by atoms with Crippen molar-refractivity contribution in [2.75, 3.05) is 5.32 Å². The summed E-state index contributed by atoms with van der Waals surface area (Å²) in [6, 6.07) is 15.0. The smallest absolute Gasteiger partial charge is 0.185 e. The zero-order valence-corrected chi connectivity index (χ0v) is 14.0. The summed E-state index contributed by atoms with van der Waals surface area (Å²) in [4.78, 5) is 19.8. The molecule has 0 aliphatic rings. The highest BCUT2D eigenvalue weighted by atomic mass is 16.3. The van der Waals surface area contributed by atoms with E-state index in [0.717, 1.165) is 27.5 Å². The highest BCUT2D eigenvalue weighted by molar-refractivity contribution is 5.87. The molecule has 0 aliphatic heterocycles. The molecule has 2 aromatic carbocycles. The van der Waals surface area contributed by atoms with Crippen LogP contribution in [0.2, 0.25) is 0 Å². The number of hydrogen-bond donors (Lipinski definition) is 2. The number of H-pyrrole nitrogens is 1. The lowest BCUT2D eigenvalue weighted by Gasteiger charge is -2.07. The lowest BCUT2D eigenvalue weighted by molar-refractivity contribution is 0.110. The summed E-state index contributed by atoms with van der Waals surface area (Å²) in [6.07, 6.45) is 4.17. The van der Waals surface area contributed by atoms with E-state index in [1.807, 2.05) is 36.4 Å². The molecule has 27 heavy (non-hydrogen) atoms. The number of fused-ring (bicyclic) bond motifs is 2. The zero-order chi connectivity index (χ0) is 18.2. The molecule has 5 aromatic rings. The van der Waals surface area contributed by atoms with Crippen molar-refractivity contribution in [2.45, 2.75) is 0 Å². The van der Waals surface area contributed by atoms with E-state index in [1.165, 1.54) is 0 Å². The molecule has 0 amide bonds. The summed E-state index contributed by atoms with van der Waals surface area (Å²) in [5.74, 6) is 1.54. The first-order valence-electron chi connectivity index (χ1n) is 8.31. The van der Waals surface area contributed by atoms with Gasteiger partial charge in [0.2, 0.25) is 0 Å². The van der Waals surface area contributed by atoms with E-state index in [4.69, 9.17) is 4.42 Å². The van der Waals surface area contributed by atoms with Crippen LogP contribution in [-0.2, 0) is 0 Å². The lowest BCUT2D eigenvalue weighted by atomic mass is 10.1. The van der Waals surface area contributed by atoms with E-state index in [2.05, 4.69) is 25.5 Å². The number of carbonyl (C=O) groups is 1. The summed E-state index contributed by atoms with van der Waals surface area (Å²) in [5.41, 5.74) is 3.32. The number of benzene rings is 2. The van der Waals surface area contributed by atoms with Crippen LogP contribution in [0.1, 0.15) is 10.6 Å². The number of aromatic amines is 1. The van der Waals surface area contributed by atoms with E-state index in [-0.39, 0.29) is 0 Å². The van der Waals surface area contributed by atoms with Crippen LogP contribution in [0.3, 0.4) is 0 Å². The molecule has 0 fully saturated rings. The van der Waals surface area contributed by atoms with Crippen LogP contribution in [0.4, 0.5) is 11.5 Å². The van der Waals surface area contributed by atoms with Gasteiger partial charge in [0.15, 0.2) is 17.9 Å². The first-order valence-corrected chi connectivity index (χ1v) is 8.31. The van der Waals surface area contributed by atoms with Crippen molar-refractivity contribution >= 4 is 39.7 Å². The van der Waals surface area contributed by atoms with Gasteiger partial charge in [0.05, 0.1) is 11.7 Å². The van der Waals surface area contributed by atoms with Gasteiger partial charge in [-0.2, -0.15) is 5.10 Å². The van der Waals surface area contributed by atoms with Crippen LogP contribution < -0.4 is 5.32 Å². The Morgan fingerprint density at radius 3 is 2.93 bits per heavy atom.